The number of pyridine rings is 1. The predicted octanol–water partition coefficient (Wildman–Crippen LogP) is 4.31. The van der Waals surface area contributed by atoms with Gasteiger partial charge in [-0.3, -0.25) is 0 Å². The zero-order valence-corrected chi connectivity index (χ0v) is 14.6. The Balaban J connectivity index is 1.51. The number of nitrogens with zero attached hydrogens (tertiary/aromatic N) is 2. The summed E-state index contributed by atoms with van der Waals surface area (Å²) >= 11 is 0. The zero-order valence-electron chi connectivity index (χ0n) is 14.6. The van der Waals surface area contributed by atoms with E-state index in [0.29, 0.717) is 18.9 Å². The van der Waals surface area contributed by atoms with Gasteiger partial charge >= 0.3 is 12.3 Å². The molecule has 1 aliphatic rings. The van der Waals surface area contributed by atoms with Gasteiger partial charge in [-0.25, -0.2) is 9.78 Å². The van der Waals surface area contributed by atoms with Crippen molar-refractivity contribution in [2.24, 2.45) is 0 Å². The second kappa shape index (κ2) is 8.28. The van der Waals surface area contributed by atoms with Gasteiger partial charge < -0.3 is 15.0 Å². The lowest BCUT2D eigenvalue weighted by Crippen LogP contribution is -2.39. The molecule has 1 fully saturated rings. The quantitative estimate of drug-likeness (QED) is 0.841. The minimum Gasteiger partial charge on any atom is -0.445 e. The fraction of sp³-hybridized carbons (Fsp3) is 0.368. The second-order valence-electron chi connectivity index (χ2n) is 6.34. The molecule has 1 unspecified atom stereocenters. The molecule has 144 valence electrons. The van der Waals surface area contributed by atoms with Gasteiger partial charge in [0.05, 0.1) is 11.6 Å². The van der Waals surface area contributed by atoms with Gasteiger partial charge in [0.25, 0.3) is 0 Å². The van der Waals surface area contributed by atoms with E-state index < -0.39 is 11.7 Å². The lowest BCUT2D eigenvalue weighted by Gasteiger charge is -2.24. The summed E-state index contributed by atoms with van der Waals surface area (Å²) in [6.07, 6.45) is -2.34. The van der Waals surface area contributed by atoms with E-state index in [2.05, 4.69) is 10.3 Å². The van der Waals surface area contributed by atoms with Crippen LogP contribution in [0, 0.1) is 0 Å². The molecule has 3 rings (SSSR count). The lowest BCUT2D eigenvalue weighted by atomic mass is 10.2. The second-order valence-corrected chi connectivity index (χ2v) is 6.34. The van der Waals surface area contributed by atoms with E-state index in [4.69, 9.17) is 4.74 Å². The minimum atomic E-state index is -4.41. The van der Waals surface area contributed by atoms with Gasteiger partial charge in [-0.05, 0) is 30.5 Å². The van der Waals surface area contributed by atoms with Crippen LogP contribution in [0.5, 0.6) is 0 Å². The van der Waals surface area contributed by atoms with Crippen LogP contribution in [-0.2, 0) is 17.5 Å². The normalized spacial score (nSPS) is 17.0. The van der Waals surface area contributed by atoms with Crippen molar-refractivity contribution in [3.63, 3.8) is 0 Å². The molecule has 5 nitrogen and oxygen atoms in total. The number of carbonyl (C=O) groups is 1. The van der Waals surface area contributed by atoms with E-state index in [0.717, 1.165) is 30.7 Å². The molecule has 1 saturated heterocycles. The number of carbonyl (C=O) groups excluding carboxylic acids is 1. The summed E-state index contributed by atoms with van der Waals surface area (Å²) in [5.41, 5.74) is 0.119. The summed E-state index contributed by atoms with van der Waals surface area (Å²) in [5, 5.41) is 3.00. The number of alkyl halides is 3. The molecule has 1 aromatic carbocycles. The van der Waals surface area contributed by atoms with E-state index >= 15 is 0 Å². The highest BCUT2D eigenvalue weighted by Gasteiger charge is 2.31. The van der Waals surface area contributed by atoms with Crippen LogP contribution >= 0.6 is 0 Å². The third kappa shape index (κ3) is 5.12. The highest BCUT2D eigenvalue weighted by molar-refractivity contribution is 5.68. The maximum Gasteiger partial charge on any atom is 0.417 e. The Morgan fingerprint density at radius 1 is 1.22 bits per heavy atom. The van der Waals surface area contributed by atoms with Crippen LogP contribution in [0.1, 0.15) is 24.0 Å². The summed E-state index contributed by atoms with van der Waals surface area (Å²) in [6.45, 7) is 1.20. The van der Waals surface area contributed by atoms with E-state index in [1.807, 2.05) is 30.3 Å². The molecule has 0 spiro atoms. The molecule has 2 heterocycles. The molecule has 2 aromatic rings. The average molecular weight is 379 g/mol. The molecule has 27 heavy (non-hydrogen) atoms. The topological polar surface area (TPSA) is 54.5 Å². The van der Waals surface area contributed by atoms with Crippen molar-refractivity contribution in [1.82, 2.24) is 9.88 Å². The van der Waals surface area contributed by atoms with E-state index in [1.165, 1.54) is 6.07 Å². The monoisotopic (exact) mass is 379 g/mol. The molecule has 1 atom stereocenters. The van der Waals surface area contributed by atoms with Crippen LogP contribution in [0.25, 0.3) is 0 Å². The van der Waals surface area contributed by atoms with Crippen LogP contribution in [0.15, 0.2) is 48.7 Å². The number of rotatable bonds is 5. The number of amides is 1. The number of benzene rings is 1. The van der Waals surface area contributed by atoms with Gasteiger partial charge in [0.15, 0.2) is 0 Å². The number of aromatic nitrogens is 1. The van der Waals surface area contributed by atoms with Crippen molar-refractivity contribution in [2.75, 3.05) is 18.4 Å². The van der Waals surface area contributed by atoms with Crippen molar-refractivity contribution in [3.05, 3.63) is 59.8 Å². The van der Waals surface area contributed by atoms with Gasteiger partial charge in [0.2, 0.25) is 0 Å². The maximum atomic E-state index is 12.6. The van der Waals surface area contributed by atoms with Gasteiger partial charge in [-0.1, -0.05) is 30.3 Å². The Hall–Kier alpha value is -2.77. The highest BCUT2D eigenvalue weighted by Crippen LogP contribution is 2.29. The maximum absolute atomic E-state index is 12.6. The lowest BCUT2D eigenvalue weighted by molar-refractivity contribution is -0.137. The average Bonchev–Trinajstić information content (AvgIpc) is 3.13. The Bertz CT molecular complexity index is 751. The molecule has 1 amide bonds. The van der Waals surface area contributed by atoms with Crippen molar-refractivity contribution in [1.29, 1.82) is 0 Å². The number of ether oxygens (including phenoxy) is 1. The molecule has 0 aliphatic carbocycles. The Labute approximate surface area is 155 Å². The molecule has 0 radical (unpaired) electrons. The molecule has 8 heteroatoms. The summed E-state index contributed by atoms with van der Waals surface area (Å²) < 4.78 is 43.1. The third-order valence-electron chi connectivity index (χ3n) is 4.43. The number of hydrogen-bond donors (Lipinski definition) is 1. The van der Waals surface area contributed by atoms with Crippen molar-refractivity contribution in [2.45, 2.75) is 31.7 Å². The zero-order chi connectivity index (χ0) is 19.3. The molecule has 1 aliphatic heterocycles. The first-order valence-corrected chi connectivity index (χ1v) is 8.68. The van der Waals surface area contributed by atoms with Crippen molar-refractivity contribution >= 4 is 11.9 Å². The summed E-state index contributed by atoms with van der Waals surface area (Å²) in [5.74, 6) is 0.340. The third-order valence-corrected chi connectivity index (χ3v) is 4.43. The van der Waals surface area contributed by atoms with Gasteiger partial charge in [0, 0.05) is 19.3 Å². The largest absolute Gasteiger partial charge is 0.445 e. The molecule has 1 aromatic heterocycles. The summed E-state index contributed by atoms with van der Waals surface area (Å²) in [6, 6.07) is 11.6. The number of nitrogens with one attached hydrogen (secondary N) is 1. The SMILES string of the molecule is O=C(OCc1ccccc1)N1CCCC1CNc1ccc(C(F)(F)F)cn1. The fourth-order valence-corrected chi connectivity index (χ4v) is 2.98. The fourth-order valence-electron chi connectivity index (χ4n) is 2.98. The Morgan fingerprint density at radius 3 is 2.67 bits per heavy atom. The highest BCUT2D eigenvalue weighted by atomic mass is 19.4. The van der Waals surface area contributed by atoms with Crippen LogP contribution in [0.3, 0.4) is 0 Å². The first-order valence-electron chi connectivity index (χ1n) is 8.68. The predicted molar refractivity (Wildman–Crippen MR) is 94.1 cm³/mol. The molecule has 0 saturated carbocycles. The summed E-state index contributed by atoms with van der Waals surface area (Å²) in [4.78, 5) is 17.8. The van der Waals surface area contributed by atoms with Crippen LogP contribution < -0.4 is 5.32 Å². The Morgan fingerprint density at radius 2 is 2.00 bits per heavy atom. The van der Waals surface area contributed by atoms with Crippen molar-refractivity contribution in [3.8, 4) is 0 Å². The van der Waals surface area contributed by atoms with Crippen LogP contribution in [0.2, 0.25) is 0 Å². The molecule has 0 bridgehead atoms. The first kappa shape index (κ1) is 19.0. The van der Waals surface area contributed by atoms with Gasteiger partial charge in [-0.2, -0.15) is 13.2 Å². The first-order chi connectivity index (χ1) is 12.9. The van der Waals surface area contributed by atoms with E-state index in [1.54, 1.807) is 4.90 Å². The summed E-state index contributed by atoms with van der Waals surface area (Å²) in [7, 11) is 0. The number of halogens is 3. The number of hydrogen-bond acceptors (Lipinski definition) is 4. The van der Waals surface area contributed by atoms with Crippen LogP contribution in [-0.4, -0.2) is 35.1 Å². The standard InChI is InChI=1S/C19H20F3N3O2/c20-19(21,22)15-8-9-17(23-11-15)24-12-16-7-4-10-25(16)18(26)27-13-14-5-2-1-3-6-14/h1-3,5-6,8-9,11,16H,4,7,10,12-13H2,(H,23,24). The molecule has 1 N–H and O–H groups in total. The number of anilines is 1. The van der Waals surface area contributed by atoms with Crippen LogP contribution in [0.4, 0.5) is 23.8 Å². The van der Waals surface area contributed by atoms with Gasteiger partial charge in [-0.15, -0.1) is 0 Å². The Kier molecular flexibility index (Phi) is 5.83. The minimum absolute atomic E-state index is 0.0858. The number of likely N-dealkylation sites (tertiary alicyclic amines) is 1. The van der Waals surface area contributed by atoms with Gasteiger partial charge in [0.1, 0.15) is 12.4 Å². The smallest absolute Gasteiger partial charge is 0.417 e. The molecular weight excluding hydrogens is 359 g/mol. The van der Waals surface area contributed by atoms with E-state index in [-0.39, 0.29) is 18.7 Å². The molecular formula is C19H20F3N3O2. The van der Waals surface area contributed by atoms with E-state index in [9.17, 15) is 18.0 Å². The van der Waals surface area contributed by atoms with Crippen molar-refractivity contribution < 1.29 is 22.7 Å².